The number of hydrogen-bond donors (Lipinski definition) is 2. The molecule has 0 bridgehead atoms. The Morgan fingerprint density at radius 3 is 2.76 bits per heavy atom. The second-order valence-electron chi connectivity index (χ2n) is 10.2. The number of fused-ring (bicyclic) bond motifs is 1. The van der Waals surface area contributed by atoms with Gasteiger partial charge in [-0.25, -0.2) is 4.79 Å². The molecule has 3 unspecified atom stereocenters. The average molecular weight is 458 g/mol. The number of rotatable bonds is 5. The molecule has 3 aliphatic rings. The molecule has 2 fully saturated rings. The number of nitrogens with zero attached hydrogens (tertiary/aromatic N) is 1. The van der Waals surface area contributed by atoms with E-state index in [-0.39, 0.29) is 17.4 Å². The summed E-state index contributed by atoms with van der Waals surface area (Å²) in [5.41, 5.74) is -0.206. The first-order chi connectivity index (χ1) is 15.6. The van der Waals surface area contributed by atoms with E-state index in [1.54, 1.807) is 0 Å². The van der Waals surface area contributed by atoms with Gasteiger partial charge in [0.2, 0.25) is 0 Å². The fourth-order valence-corrected chi connectivity index (χ4v) is 5.70. The van der Waals surface area contributed by atoms with Crippen molar-refractivity contribution < 1.29 is 28.7 Å². The van der Waals surface area contributed by atoms with Gasteiger partial charge in [0.05, 0.1) is 12.6 Å². The van der Waals surface area contributed by atoms with E-state index in [9.17, 15) is 19.2 Å². The molecular weight excluding hydrogens is 426 g/mol. The van der Waals surface area contributed by atoms with Crippen LogP contribution in [0.3, 0.4) is 0 Å². The minimum atomic E-state index is -0.980. The summed E-state index contributed by atoms with van der Waals surface area (Å²) in [5, 5.41) is 5.67. The van der Waals surface area contributed by atoms with Crippen LogP contribution in [0.5, 0.6) is 5.75 Å². The molecule has 9 heteroatoms. The first-order valence-corrected chi connectivity index (χ1v) is 11.4. The van der Waals surface area contributed by atoms with Gasteiger partial charge < -0.3 is 20.1 Å². The number of imide groups is 1. The summed E-state index contributed by atoms with van der Waals surface area (Å²) in [6, 6.07) is 6.62. The van der Waals surface area contributed by atoms with E-state index in [1.807, 2.05) is 24.3 Å². The smallest absolute Gasteiger partial charge is 0.326 e. The molecular formula is C24H31N3O6. The van der Waals surface area contributed by atoms with E-state index in [2.05, 4.69) is 31.4 Å². The Morgan fingerprint density at radius 2 is 2.00 bits per heavy atom. The van der Waals surface area contributed by atoms with E-state index in [1.165, 1.54) is 0 Å². The lowest BCUT2D eigenvalue weighted by molar-refractivity contribution is -0.151. The molecule has 4 rings (SSSR count). The number of amides is 4. The van der Waals surface area contributed by atoms with E-state index in [0.717, 1.165) is 22.6 Å². The van der Waals surface area contributed by atoms with Crippen LogP contribution in [0.1, 0.15) is 58.1 Å². The Bertz CT molecular complexity index is 977. The van der Waals surface area contributed by atoms with E-state index < -0.39 is 42.5 Å². The minimum absolute atomic E-state index is 0.0992. The zero-order valence-corrected chi connectivity index (χ0v) is 19.3. The first-order valence-electron chi connectivity index (χ1n) is 11.4. The average Bonchev–Trinajstić information content (AvgIpc) is 2.94. The van der Waals surface area contributed by atoms with E-state index in [0.29, 0.717) is 25.9 Å². The number of esters is 1. The summed E-state index contributed by atoms with van der Waals surface area (Å²) in [5.74, 6) is -0.669. The predicted octanol–water partition coefficient (Wildman–Crippen LogP) is 2.31. The number of carbonyl (C=O) groups is 4. The van der Waals surface area contributed by atoms with Gasteiger partial charge in [0, 0.05) is 12.0 Å². The lowest BCUT2D eigenvalue weighted by Crippen LogP contribution is -2.54. The molecule has 1 saturated heterocycles. The zero-order chi connectivity index (χ0) is 23.8. The third kappa shape index (κ3) is 4.82. The number of urea groups is 1. The molecule has 9 nitrogen and oxygen atoms in total. The molecule has 1 aromatic rings. The van der Waals surface area contributed by atoms with Crippen molar-refractivity contribution in [1.82, 2.24) is 15.5 Å². The van der Waals surface area contributed by atoms with Crippen LogP contribution in [0, 0.1) is 11.3 Å². The third-order valence-electron chi connectivity index (χ3n) is 6.57. The number of benzene rings is 1. The maximum absolute atomic E-state index is 13.1. The molecule has 1 saturated carbocycles. The number of carbonyl (C=O) groups excluding carboxylic acids is 4. The Balaban J connectivity index is 1.31. The topological polar surface area (TPSA) is 114 Å². The van der Waals surface area contributed by atoms with Gasteiger partial charge in [0.25, 0.3) is 11.8 Å². The summed E-state index contributed by atoms with van der Waals surface area (Å²) in [7, 11) is 0. The van der Waals surface area contributed by atoms with Gasteiger partial charge in [-0.05, 0) is 36.7 Å². The summed E-state index contributed by atoms with van der Waals surface area (Å²) >= 11 is 0. The maximum atomic E-state index is 13.1. The molecule has 0 radical (unpaired) electrons. The molecule has 1 spiro atoms. The van der Waals surface area contributed by atoms with Gasteiger partial charge in [-0.15, -0.1) is 0 Å². The monoisotopic (exact) mass is 457 g/mol. The normalized spacial score (nSPS) is 28.0. The number of ether oxygens (including phenoxy) is 2. The van der Waals surface area contributed by atoms with Gasteiger partial charge in [-0.3, -0.25) is 19.3 Å². The van der Waals surface area contributed by atoms with Crippen LogP contribution < -0.4 is 15.4 Å². The maximum Gasteiger partial charge on any atom is 0.326 e. The second-order valence-corrected chi connectivity index (χ2v) is 10.2. The fourth-order valence-electron chi connectivity index (χ4n) is 5.70. The van der Waals surface area contributed by atoms with Crippen LogP contribution in [0.15, 0.2) is 24.3 Å². The lowest BCUT2D eigenvalue weighted by Gasteiger charge is -2.43. The SMILES string of the molecule is CC1CC(C)(C)CC2(C1)NC(=O)N(CC(=O)OCC(=O)NC1CCOc3ccccc31)C2=O. The highest BCUT2D eigenvalue weighted by Crippen LogP contribution is 2.46. The molecule has 2 aliphatic heterocycles. The molecule has 3 atom stereocenters. The van der Waals surface area contributed by atoms with Gasteiger partial charge in [-0.1, -0.05) is 39.0 Å². The van der Waals surface area contributed by atoms with Crippen molar-refractivity contribution in [3.63, 3.8) is 0 Å². The number of hydrogen-bond acceptors (Lipinski definition) is 6. The van der Waals surface area contributed by atoms with Crippen LogP contribution in [0.25, 0.3) is 0 Å². The third-order valence-corrected chi connectivity index (χ3v) is 6.57. The molecule has 2 N–H and O–H groups in total. The van der Waals surface area contributed by atoms with Crippen molar-refractivity contribution in [3.05, 3.63) is 29.8 Å². The van der Waals surface area contributed by atoms with Crippen LogP contribution in [0.4, 0.5) is 4.79 Å². The predicted molar refractivity (Wildman–Crippen MR) is 118 cm³/mol. The van der Waals surface area contributed by atoms with Crippen LogP contribution in [-0.2, 0) is 19.1 Å². The Kier molecular flexibility index (Phi) is 6.07. The molecule has 33 heavy (non-hydrogen) atoms. The van der Waals surface area contributed by atoms with Gasteiger partial charge in [0.1, 0.15) is 17.8 Å². The van der Waals surface area contributed by atoms with Crippen molar-refractivity contribution in [2.24, 2.45) is 11.3 Å². The van der Waals surface area contributed by atoms with Crippen molar-refractivity contribution in [2.75, 3.05) is 19.8 Å². The first kappa shape index (κ1) is 23.1. The highest BCUT2D eigenvalue weighted by molar-refractivity contribution is 6.08. The van der Waals surface area contributed by atoms with Crippen molar-refractivity contribution in [2.45, 2.75) is 58.0 Å². The van der Waals surface area contributed by atoms with Crippen LogP contribution >= 0.6 is 0 Å². The zero-order valence-electron chi connectivity index (χ0n) is 19.3. The van der Waals surface area contributed by atoms with E-state index in [4.69, 9.17) is 9.47 Å². The fraction of sp³-hybridized carbons (Fsp3) is 0.583. The highest BCUT2D eigenvalue weighted by Gasteiger charge is 2.56. The van der Waals surface area contributed by atoms with Gasteiger partial charge in [0.15, 0.2) is 6.61 Å². The van der Waals surface area contributed by atoms with Crippen molar-refractivity contribution in [1.29, 1.82) is 0 Å². The standard InChI is InChI=1S/C24H31N3O6/c1-15-10-23(2,3)14-24(11-15)21(30)27(22(31)26-24)12-20(29)33-13-19(28)25-17-8-9-32-18-7-5-4-6-16(17)18/h4-7,15,17H,8-14H2,1-3H3,(H,25,28)(H,26,31). The summed E-state index contributed by atoms with van der Waals surface area (Å²) in [4.78, 5) is 51.3. The summed E-state index contributed by atoms with van der Waals surface area (Å²) < 4.78 is 10.7. The lowest BCUT2D eigenvalue weighted by atomic mass is 9.64. The molecule has 4 amide bonds. The number of nitrogens with one attached hydrogen (secondary N) is 2. The number of para-hydroxylation sites is 1. The molecule has 0 aromatic heterocycles. The Morgan fingerprint density at radius 1 is 1.24 bits per heavy atom. The van der Waals surface area contributed by atoms with Crippen molar-refractivity contribution >= 4 is 23.8 Å². The van der Waals surface area contributed by atoms with Crippen LogP contribution in [0.2, 0.25) is 0 Å². The van der Waals surface area contributed by atoms with Crippen molar-refractivity contribution in [3.8, 4) is 5.75 Å². The van der Waals surface area contributed by atoms with E-state index >= 15 is 0 Å². The Labute approximate surface area is 193 Å². The van der Waals surface area contributed by atoms with Gasteiger partial charge in [-0.2, -0.15) is 0 Å². The quantitative estimate of drug-likeness (QED) is 0.518. The minimum Gasteiger partial charge on any atom is -0.493 e. The summed E-state index contributed by atoms with van der Waals surface area (Å²) in [6.07, 6.45) is 2.64. The van der Waals surface area contributed by atoms with Crippen LogP contribution in [-0.4, -0.2) is 54.0 Å². The largest absolute Gasteiger partial charge is 0.493 e. The van der Waals surface area contributed by atoms with Gasteiger partial charge >= 0.3 is 12.0 Å². The molecule has 1 aliphatic carbocycles. The highest BCUT2D eigenvalue weighted by atomic mass is 16.5. The molecule has 1 aromatic carbocycles. The summed E-state index contributed by atoms with van der Waals surface area (Å²) in [6.45, 7) is 5.69. The molecule has 178 valence electrons. The Hall–Kier alpha value is -3.10. The molecule has 2 heterocycles. The second kappa shape index (κ2) is 8.68.